The molecule has 1 saturated carbocycles. The van der Waals surface area contributed by atoms with E-state index >= 15 is 0 Å². The Morgan fingerprint density at radius 3 is 2.07 bits per heavy atom. The van der Waals surface area contributed by atoms with Crippen LogP contribution < -0.4 is 5.32 Å². The molecule has 0 aromatic rings. The molecule has 0 atom stereocenters. The van der Waals surface area contributed by atoms with E-state index < -0.39 is 0 Å². The van der Waals surface area contributed by atoms with Crippen molar-refractivity contribution in [3.63, 3.8) is 0 Å². The van der Waals surface area contributed by atoms with Crippen molar-refractivity contribution in [3.8, 4) is 0 Å². The molecule has 1 heteroatoms. The van der Waals surface area contributed by atoms with Gasteiger partial charge in [-0.1, -0.05) is 33.6 Å². The summed E-state index contributed by atoms with van der Waals surface area (Å²) in [6.07, 6.45) is 7.22. The minimum atomic E-state index is 0.536. The quantitative estimate of drug-likeness (QED) is 0.730. The summed E-state index contributed by atoms with van der Waals surface area (Å²) in [5.41, 5.74) is 0.536. The molecule has 0 radical (unpaired) electrons. The van der Waals surface area contributed by atoms with E-state index in [2.05, 4.69) is 33.1 Å². The fourth-order valence-corrected chi connectivity index (χ4v) is 2.67. The second kappa shape index (κ2) is 5.16. The molecule has 1 fully saturated rings. The fourth-order valence-electron chi connectivity index (χ4n) is 2.67. The zero-order valence-electron chi connectivity index (χ0n) is 10.4. The molecule has 0 aromatic heterocycles. The van der Waals surface area contributed by atoms with Gasteiger partial charge in [0, 0.05) is 0 Å². The summed E-state index contributed by atoms with van der Waals surface area (Å²) < 4.78 is 0. The highest BCUT2D eigenvalue weighted by Crippen LogP contribution is 2.40. The molecular weight excluding hydrogens is 170 g/mol. The zero-order valence-corrected chi connectivity index (χ0v) is 10.4. The Hall–Kier alpha value is -0.0400. The van der Waals surface area contributed by atoms with Crippen molar-refractivity contribution in [2.24, 2.45) is 17.3 Å². The molecular formula is C13H27N. The summed E-state index contributed by atoms with van der Waals surface area (Å²) in [6, 6.07) is 0. The van der Waals surface area contributed by atoms with Gasteiger partial charge in [-0.2, -0.15) is 0 Å². The third-order valence-electron chi connectivity index (χ3n) is 3.87. The normalized spacial score (nSPS) is 29.1. The van der Waals surface area contributed by atoms with Crippen molar-refractivity contribution in [1.82, 2.24) is 5.32 Å². The topological polar surface area (TPSA) is 12.0 Å². The molecule has 0 spiro atoms. The summed E-state index contributed by atoms with van der Waals surface area (Å²) in [5.74, 6) is 1.97. The minimum absolute atomic E-state index is 0.536. The van der Waals surface area contributed by atoms with E-state index in [1.165, 1.54) is 38.6 Å². The van der Waals surface area contributed by atoms with Crippen LogP contribution in [0.2, 0.25) is 0 Å². The highest BCUT2D eigenvalue weighted by molar-refractivity contribution is 4.80. The van der Waals surface area contributed by atoms with Crippen LogP contribution in [0.25, 0.3) is 0 Å². The van der Waals surface area contributed by atoms with E-state index in [1.807, 2.05) is 0 Å². The van der Waals surface area contributed by atoms with Gasteiger partial charge >= 0.3 is 0 Å². The summed E-state index contributed by atoms with van der Waals surface area (Å²) in [4.78, 5) is 0. The molecule has 0 bridgehead atoms. The Morgan fingerprint density at radius 2 is 1.64 bits per heavy atom. The minimum Gasteiger partial charge on any atom is -0.320 e. The van der Waals surface area contributed by atoms with Crippen LogP contribution in [0.5, 0.6) is 0 Å². The lowest BCUT2D eigenvalue weighted by atomic mass is 9.69. The largest absolute Gasteiger partial charge is 0.320 e. The summed E-state index contributed by atoms with van der Waals surface area (Å²) in [6.45, 7) is 8.38. The molecule has 1 aliphatic carbocycles. The predicted molar refractivity (Wildman–Crippen MR) is 63.4 cm³/mol. The average molecular weight is 197 g/mol. The van der Waals surface area contributed by atoms with Gasteiger partial charge in [-0.3, -0.25) is 0 Å². The van der Waals surface area contributed by atoms with Crippen LogP contribution in [-0.4, -0.2) is 13.6 Å². The number of hydrogen-bond acceptors (Lipinski definition) is 1. The lowest BCUT2D eigenvalue weighted by molar-refractivity contribution is 0.147. The Bertz CT molecular complexity index is 149. The average Bonchev–Trinajstić information content (AvgIpc) is 2.14. The molecule has 0 amide bonds. The van der Waals surface area contributed by atoms with E-state index in [1.54, 1.807) is 0 Å². The second-order valence-corrected chi connectivity index (χ2v) is 5.98. The maximum Gasteiger partial charge on any atom is -0.00493 e. The van der Waals surface area contributed by atoms with Crippen molar-refractivity contribution in [3.05, 3.63) is 0 Å². The van der Waals surface area contributed by atoms with E-state index in [9.17, 15) is 0 Å². The lowest BCUT2D eigenvalue weighted by Gasteiger charge is -2.37. The van der Waals surface area contributed by atoms with E-state index in [0.29, 0.717) is 5.41 Å². The molecule has 1 aliphatic rings. The second-order valence-electron chi connectivity index (χ2n) is 5.98. The van der Waals surface area contributed by atoms with Crippen molar-refractivity contribution < 1.29 is 0 Å². The molecule has 0 unspecified atom stereocenters. The van der Waals surface area contributed by atoms with Gasteiger partial charge in [0.05, 0.1) is 0 Å². The van der Waals surface area contributed by atoms with Crippen LogP contribution in [0, 0.1) is 17.3 Å². The highest BCUT2D eigenvalue weighted by atomic mass is 14.8. The first-order chi connectivity index (χ1) is 6.54. The molecule has 1 nitrogen and oxygen atoms in total. The van der Waals surface area contributed by atoms with Crippen LogP contribution in [0.15, 0.2) is 0 Å². The van der Waals surface area contributed by atoms with Crippen LogP contribution in [-0.2, 0) is 0 Å². The van der Waals surface area contributed by atoms with Gasteiger partial charge in [0.1, 0.15) is 0 Å². The summed E-state index contributed by atoms with van der Waals surface area (Å²) >= 11 is 0. The predicted octanol–water partition coefficient (Wildman–Crippen LogP) is 3.45. The van der Waals surface area contributed by atoms with Gasteiger partial charge in [0.15, 0.2) is 0 Å². The van der Waals surface area contributed by atoms with Crippen molar-refractivity contribution >= 4 is 0 Å². The number of rotatable bonds is 3. The standard InChI is InChI=1S/C13H27N/c1-13(2,3)12-7-5-11(6-8-12)9-10-14-4/h11-12,14H,5-10H2,1-4H3. The fraction of sp³-hybridized carbons (Fsp3) is 1.00. The Morgan fingerprint density at radius 1 is 1.07 bits per heavy atom. The molecule has 0 heterocycles. The molecule has 1 N–H and O–H groups in total. The van der Waals surface area contributed by atoms with Crippen molar-refractivity contribution in [1.29, 1.82) is 0 Å². The monoisotopic (exact) mass is 197 g/mol. The molecule has 14 heavy (non-hydrogen) atoms. The Labute approximate surface area is 89.7 Å². The molecule has 0 saturated heterocycles. The van der Waals surface area contributed by atoms with E-state index in [0.717, 1.165) is 11.8 Å². The van der Waals surface area contributed by atoms with Gasteiger partial charge in [-0.25, -0.2) is 0 Å². The SMILES string of the molecule is CNCCC1CCC(C(C)(C)C)CC1. The van der Waals surface area contributed by atoms with Gasteiger partial charge in [0.25, 0.3) is 0 Å². The molecule has 0 aliphatic heterocycles. The van der Waals surface area contributed by atoms with Crippen LogP contribution in [0.1, 0.15) is 52.9 Å². The van der Waals surface area contributed by atoms with Crippen LogP contribution in [0.4, 0.5) is 0 Å². The Balaban J connectivity index is 2.24. The van der Waals surface area contributed by atoms with Crippen LogP contribution in [0.3, 0.4) is 0 Å². The van der Waals surface area contributed by atoms with Crippen LogP contribution >= 0.6 is 0 Å². The first-order valence-electron chi connectivity index (χ1n) is 6.18. The summed E-state index contributed by atoms with van der Waals surface area (Å²) in [7, 11) is 2.06. The maximum absolute atomic E-state index is 3.26. The molecule has 84 valence electrons. The van der Waals surface area contributed by atoms with Gasteiger partial charge in [-0.05, 0) is 50.1 Å². The third-order valence-corrected chi connectivity index (χ3v) is 3.87. The molecule has 0 aromatic carbocycles. The highest BCUT2D eigenvalue weighted by Gasteiger charge is 2.29. The molecule has 1 rings (SSSR count). The summed E-state index contributed by atoms with van der Waals surface area (Å²) in [5, 5.41) is 3.26. The first kappa shape index (κ1) is 12.0. The third kappa shape index (κ3) is 3.61. The van der Waals surface area contributed by atoms with E-state index in [-0.39, 0.29) is 0 Å². The van der Waals surface area contributed by atoms with Crippen molar-refractivity contribution in [2.75, 3.05) is 13.6 Å². The Kier molecular flexibility index (Phi) is 4.43. The zero-order chi connectivity index (χ0) is 10.6. The first-order valence-corrected chi connectivity index (χ1v) is 6.18. The number of nitrogens with one attached hydrogen (secondary N) is 1. The maximum atomic E-state index is 3.26. The smallest absolute Gasteiger partial charge is 0.00493 e. The van der Waals surface area contributed by atoms with Gasteiger partial charge < -0.3 is 5.32 Å². The van der Waals surface area contributed by atoms with E-state index in [4.69, 9.17) is 0 Å². The van der Waals surface area contributed by atoms with Gasteiger partial charge in [0.2, 0.25) is 0 Å². The lowest BCUT2D eigenvalue weighted by Crippen LogP contribution is -2.26. The number of hydrogen-bond donors (Lipinski definition) is 1. The van der Waals surface area contributed by atoms with Gasteiger partial charge in [-0.15, -0.1) is 0 Å². The van der Waals surface area contributed by atoms with Crippen molar-refractivity contribution in [2.45, 2.75) is 52.9 Å².